The Morgan fingerprint density at radius 3 is 2.97 bits per heavy atom. The van der Waals surface area contributed by atoms with Crippen LogP contribution < -0.4 is 4.74 Å². The Balaban J connectivity index is 1.49. The molecule has 1 atom stereocenters. The van der Waals surface area contributed by atoms with Crippen LogP contribution in [0.15, 0.2) is 47.0 Å². The lowest BCUT2D eigenvalue weighted by Gasteiger charge is -2.24. The summed E-state index contributed by atoms with van der Waals surface area (Å²) in [5, 5.41) is 13.5. The van der Waals surface area contributed by atoms with Gasteiger partial charge in [-0.25, -0.2) is 0 Å². The van der Waals surface area contributed by atoms with Crippen LogP contribution in [0.1, 0.15) is 24.0 Å². The van der Waals surface area contributed by atoms with Crippen molar-refractivity contribution >= 4 is 5.91 Å². The van der Waals surface area contributed by atoms with E-state index >= 15 is 0 Å². The van der Waals surface area contributed by atoms with Gasteiger partial charge in [0.15, 0.2) is 0 Å². The van der Waals surface area contributed by atoms with E-state index in [1.165, 1.54) is 11.1 Å². The quantitative estimate of drug-likeness (QED) is 0.702. The number of aliphatic hydroxyl groups is 1. The SMILES string of the molecule is COc1cccc(-c2nc(-c3cccc4c3CC[C@]43CC(=O)N(CCO)C3)no2)c1. The lowest BCUT2D eigenvalue weighted by molar-refractivity contribution is -0.128. The highest BCUT2D eigenvalue weighted by Gasteiger charge is 2.48. The van der Waals surface area contributed by atoms with Crippen LogP contribution in [-0.4, -0.2) is 52.9 Å². The molecule has 5 rings (SSSR count). The molecule has 1 N–H and O–H groups in total. The maximum Gasteiger partial charge on any atom is 0.258 e. The van der Waals surface area contributed by atoms with Gasteiger partial charge in [-0.3, -0.25) is 4.79 Å². The smallest absolute Gasteiger partial charge is 0.258 e. The number of hydrogen-bond donors (Lipinski definition) is 1. The molecule has 2 aliphatic rings. The fourth-order valence-electron chi connectivity index (χ4n) is 4.85. The highest BCUT2D eigenvalue weighted by molar-refractivity contribution is 5.82. The molecule has 0 bridgehead atoms. The Bertz CT molecular complexity index is 1110. The van der Waals surface area contributed by atoms with Crippen molar-refractivity contribution in [2.45, 2.75) is 24.7 Å². The molecule has 154 valence electrons. The molecule has 0 saturated carbocycles. The van der Waals surface area contributed by atoms with E-state index in [1.807, 2.05) is 36.4 Å². The lowest BCUT2D eigenvalue weighted by atomic mass is 9.80. The van der Waals surface area contributed by atoms with Crippen molar-refractivity contribution in [3.05, 3.63) is 53.6 Å². The molecule has 1 aromatic heterocycles. The van der Waals surface area contributed by atoms with E-state index in [1.54, 1.807) is 12.0 Å². The molecule has 1 fully saturated rings. The van der Waals surface area contributed by atoms with Gasteiger partial charge in [-0.2, -0.15) is 4.98 Å². The molecule has 1 aliphatic heterocycles. The third kappa shape index (κ3) is 2.97. The molecule has 1 amide bonds. The van der Waals surface area contributed by atoms with Crippen molar-refractivity contribution in [2.24, 2.45) is 0 Å². The van der Waals surface area contributed by atoms with Gasteiger partial charge >= 0.3 is 0 Å². The van der Waals surface area contributed by atoms with Crippen LogP contribution in [0.2, 0.25) is 0 Å². The number of methoxy groups -OCH3 is 1. The Kier molecular flexibility index (Phi) is 4.55. The molecule has 7 heteroatoms. The van der Waals surface area contributed by atoms with Gasteiger partial charge < -0.3 is 19.3 Å². The van der Waals surface area contributed by atoms with E-state index in [0.29, 0.717) is 31.2 Å². The maximum atomic E-state index is 12.5. The Hall–Kier alpha value is -3.19. The number of carbonyl (C=O) groups is 1. The van der Waals surface area contributed by atoms with Crippen LogP contribution in [-0.2, 0) is 16.6 Å². The largest absolute Gasteiger partial charge is 0.497 e. The number of carbonyl (C=O) groups excluding carboxylic acids is 1. The Morgan fingerprint density at radius 2 is 2.13 bits per heavy atom. The van der Waals surface area contributed by atoms with Crippen molar-refractivity contribution in [2.75, 3.05) is 26.8 Å². The maximum absolute atomic E-state index is 12.5. The molecule has 2 aromatic carbocycles. The van der Waals surface area contributed by atoms with Gasteiger partial charge in [0.2, 0.25) is 11.7 Å². The zero-order valence-electron chi connectivity index (χ0n) is 16.8. The van der Waals surface area contributed by atoms with E-state index in [9.17, 15) is 9.90 Å². The number of ether oxygens (including phenoxy) is 1. The van der Waals surface area contributed by atoms with Crippen molar-refractivity contribution < 1.29 is 19.2 Å². The number of benzene rings is 2. The third-order valence-electron chi connectivity index (χ3n) is 6.29. The van der Waals surface area contributed by atoms with Gasteiger partial charge in [-0.05, 0) is 42.2 Å². The van der Waals surface area contributed by atoms with Gasteiger partial charge in [-0.15, -0.1) is 0 Å². The van der Waals surface area contributed by atoms with Gasteiger partial charge in [0.25, 0.3) is 5.89 Å². The van der Waals surface area contributed by atoms with Gasteiger partial charge in [0, 0.05) is 36.1 Å². The number of aromatic nitrogens is 2. The van der Waals surface area contributed by atoms with Gasteiger partial charge in [0.05, 0.1) is 13.7 Å². The highest BCUT2D eigenvalue weighted by Crippen LogP contribution is 2.48. The highest BCUT2D eigenvalue weighted by atomic mass is 16.5. The van der Waals surface area contributed by atoms with Crippen LogP contribution in [0.5, 0.6) is 5.75 Å². The molecule has 1 saturated heterocycles. The molecule has 0 radical (unpaired) electrons. The number of likely N-dealkylation sites (tertiary alicyclic amines) is 1. The zero-order chi connectivity index (χ0) is 20.7. The van der Waals surface area contributed by atoms with Crippen LogP contribution in [0, 0.1) is 0 Å². The monoisotopic (exact) mass is 405 g/mol. The van der Waals surface area contributed by atoms with E-state index in [2.05, 4.69) is 16.2 Å². The van der Waals surface area contributed by atoms with Crippen LogP contribution in [0.3, 0.4) is 0 Å². The predicted octanol–water partition coefficient (Wildman–Crippen LogP) is 2.82. The van der Waals surface area contributed by atoms with Gasteiger partial charge in [-0.1, -0.05) is 29.4 Å². The zero-order valence-corrected chi connectivity index (χ0v) is 16.8. The number of hydrogen-bond acceptors (Lipinski definition) is 6. The van der Waals surface area contributed by atoms with Crippen molar-refractivity contribution in [1.29, 1.82) is 0 Å². The minimum Gasteiger partial charge on any atom is -0.497 e. The number of rotatable bonds is 5. The molecule has 2 heterocycles. The summed E-state index contributed by atoms with van der Waals surface area (Å²) in [5.74, 6) is 1.84. The minimum atomic E-state index is -0.184. The summed E-state index contributed by atoms with van der Waals surface area (Å²) in [4.78, 5) is 18.9. The summed E-state index contributed by atoms with van der Waals surface area (Å²) < 4.78 is 10.8. The minimum absolute atomic E-state index is 0.00930. The summed E-state index contributed by atoms with van der Waals surface area (Å²) in [5.41, 5.74) is 3.96. The molecule has 3 aromatic rings. The first kappa shape index (κ1) is 18.8. The van der Waals surface area contributed by atoms with Crippen molar-refractivity contribution in [3.63, 3.8) is 0 Å². The van der Waals surface area contributed by atoms with Crippen molar-refractivity contribution in [1.82, 2.24) is 15.0 Å². The summed E-state index contributed by atoms with van der Waals surface area (Å²) in [6, 6.07) is 13.7. The first-order chi connectivity index (χ1) is 14.6. The summed E-state index contributed by atoms with van der Waals surface area (Å²) >= 11 is 0. The van der Waals surface area contributed by atoms with Crippen molar-refractivity contribution in [3.8, 4) is 28.6 Å². The fraction of sp³-hybridized carbons (Fsp3) is 0.348. The average Bonchev–Trinajstić information content (AvgIpc) is 3.47. The third-order valence-corrected chi connectivity index (χ3v) is 6.29. The van der Waals surface area contributed by atoms with E-state index in [4.69, 9.17) is 9.26 Å². The second-order valence-corrected chi connectivity index (χ2v) is 7.98. The molecule has 1 aliphatic carbocycles. The van der Waals surface area contributed by atoms with Crippen LogP contribution in [0.4, 0.5) is 0 Å². The Labute approximate surface area is 174 Å². The van der Waals surface area contributed by atoms with Crippen LogP contribution >= 0.6 is 0 Å². The van der Waals surface area contributed by atoms with E-state index in [0.717, 1.165) is 29.7 Å². The molecular formula is C23H23N3O4. The second kappa shape index (κ2) is 7.25. The fourth-order valence-corrected chi connectivity index (χ4v) is 4.85. The number of β-amino-alcohol motifs (C(OH)–C–C–N with tert-alkyl or cyclic N) is 1. The van der Waals surface area contributed by atoms with E-state index in [-0.39, 0.29) is 17.9 Å². The Morgan fingerprint density at radius 1 is 1.27 bits per heavy atom. The molecule has 7 nitrogen and oxygen atoms in total. The number of nitrogens with zero attached hydrogens (tertiary/aromatic N) is 3. The first-order valence-corrected chi connectivity index (χ1v) is 10.1. The summed E-state index contributed by atoms with van der Waals surface area (Å²) in [6.45, 7) is 1.04. The molecular weight excluding hydrogens is 382 g/mol. The second-order valence-electron chi connectivity index (χ2n) is 7.98. The number of aliphatic hydroxyl groups excluding tert-OH is 1. The standard InChI is InChI=1S/C23H23N3O4/c1-29-16-5-2-4-15(12-16)22-24-21(25-30-22)18-6-3-7-19-17(18)8-9-23(19)13-20(28)26(14-23)10-11-27/h2-7,12,27H,8-11,13-14H2,1H3/t23-/m1/s1. The summed E-state index contributed by atoms with van der Waals surface area (Å²) in [7, 11) is 1.62. The predicted molar refractivity (Wildman–Crippen MR) is 110 cm³/mol. The van der Waals surface area contributed by atoms with E-state index < -0.39 is 0 Å². The first-order valence-electron chi connectivity index (χ1n) is 10.1. The molecule has 30 heavy (non-hydrogen) atoms. The normalized spacial score (nSPS) is 20.2. The molecule has 0 unspecified atom stereocenters. The molecule has 1 spiro atoms. The average molecular weight is 405 g/mol. The topological polar surface area (TPSA) is 88.7 Å². The van der Waals surface area contributed by atoms with Crippen LogP contribution in [0.25, 0.3) is 22.8 Å². The number of fused-ring (bicyclic) bond motifs is 2. The number of amides is 1. The van der Waals surface area contributed by atoms with Gasteiger partial charge in [0.1, 0.15) is 5.75 Å². The lowest BCUT2D eigenvalue weighted by Crippen LogP contribution is -2.32. The summed E-state index contributed by atoms with van der Waals surface area (Å²) in [6.07, 6.45) is 2.27.